The fourth-order valence-electron chi connectivity index (χ4n) is 1.27. The maximum atomic E-state index is 11.7. The van der Waals surface area contributed by atoms with E-state index in [2.05, 4.69) is 10.4 Å². The number of anilines is 1. The van der Waals surface area contributed by atoms with Crippen LogP contribution in [0, 0.1) is 0 Å². The average molecular weight is 257 g/mol. The summed E-state index contributed by atoms with van der Waals surface area (Å²) in [4.78, 5) is 11.7. The van der Waals surface area contributed by atoms with Crippen LogP contribution in [0.15, 0.2) is 12.3 Å². The highest BCUT2D eigenvalue weighted by atomic mass is 32.2. The van der Waals surface area contributed by atoms with E-state index < -0.39 is 0 Å². The molecule has 1 aromatic heterocycles. The van der Waals surface area contributed by atoms with Gasteiger partial charge in [0.1, 0.15) is 5.82 Å². The van der Waals surface area contributed by atoms with E-state index in [1.54, 1.807) is 16.9 Å². The van der Waals surface area contributed by atoms with Gasteiger partial charge in [0.25, 0.3) is 0 Å². The van der Waals surface area contributed by atoms with Crippen LogP contribution < -0.4 is 5.32 Å². The third-order valence-corrected chi connectivity index (χ3v) is 3.33. The first kappa shape index (κ1) is 14.1. The topological polar surface area (TPSA) is 67.2 Å². The Morgan fingerprint density at radius 2 is 2.29 bits per heavy atom. The Hall–Kier alpha value is -1.01. The normalized spacial score (nSPS) is 12.8. The summed E-state index contributed by atoms with van der Waals surface area (Å²) in [6, 6.07) is 1.99. The van der Waals surface area contributed by atoms with Crippen LogP contribution in [0.1, 0.15) is 26.8 Å². The monoisotopic (exact) mass is 257 g/mol. The number of nitrogens with one attached hydrogen (secondary N) is 1. The molecule has 5 nitrogen and oxygen atoms in total. The molecule has 0 saturated carbocycles. The lowest BCUT2D eigenvalue weighted by molar-refractivity contribution is -0.113. The van der Waals surface area contributed by atoms with Crippen molar-refractivity contribution in [3.05, 3.63) is 12.3 Å². The smallest absolute Gasteiger partial charge is 0.235 e. The number of aliphatic hydroxyl groups is 1. The molecule has 0 saturated heterocycles. The second kappa shape index (κ2) is 6.66. The first-order valence-electron chi connectivity index (χ1n) is 5.60. The number of rotatable bonds is 6. The Morgan fingerprint density at radius 3 is 2.88 bits per heavy atom. The van der Waals surface area contributed by atoms with Crippen LogP contribution >= 0.6 is 11.8 Å². The van der Waals surface area contributed by atoms with Gasteiger partial charge in [0, 0.05) is 17.4 Å². The van der Waals surface area contributed by atoms with E-state index in [0.29, 0.717) is 11.6 Å². The van der Waals surface area contributed by atoms with Crippen molar-refractivity contribution in [2.45, 2.75) is 32.1 Å². The quantitative estimate of drug-likeness (QED) is 0.811. The second-order valence-electron chi connectivity index (χ2n) is 4.11. The van der Waals surface area contributed by atoms with Gasteiger partial charge >= 0.3 is 0 Å². The van der Waals surface area contributed by atoms with Crippen LogP contribution in [0.3, 0.4) is 0 Å². The zero-order valence-electron chi connectivity index (χ0n) is 10.4. The number of aromatic nitrogens is 2. The largest absolute Gasteiger partial charge is 0.395 e. The zero-order valence-corrected chi connectivity index (χ0v) is 11.2. The number of amides is 1. The molecule has 96 valence electrons. The molecule has 6 heteroatoms. The van der Waals surface area contributed by atoms with E-state index in [0.717, 1.165) is 0 Å². The highest BCUT2D eigenvalue weighted by molar-refractivity contribution is 8.00. The van der Waals surface area contributed by atoms with Gasteiger partial charge in [0.15, 0.2) is 0 Å². The first-order chi connectivity index (χ1) is 8.04. The molecule has 1 atom stereocenters. The number of carbonyl (C=O) groups is 1. The lowest BCUT2D eigenvalue weighted by atomic mass is 10.4. The lowest BCUT2D eigenvalue weighted by Crippen LogP contribution is -2.19. The molecule has 17 heavy (non-hydrogen) atoms. The molecule has 1 heterocycles. The van der Waals surface area contributed by atoms with Crippen molar-refractivity contribution < 1.29 is 9.90 Å². The maximum Gasteiger partial charge on any atom is 0.235 e. The van der Waals surface area contributed by atoms with Crippen molar-refractivity contribution in [2.24, 2.45) is 0 Å². The number of carbonyl (C=O) groups excluding carboxylic acids is 1. The lowest BCUT2D eigenvalue weighted by Gasteiger charge is -2.12. The van der Waals surface area contributed by atoms with Crippen molar-refractivity contribution in [2.75, 3.05) is 17.7 Å². The van der Waals surface area contributed by atoms with Crippen molar-refractivity contribution >= 4 is 23.5 Å². The number of hydrogen-bond acceptors (Lipinski definition) is 4. The second-order valence-corrected chi connectivity index (χ2v) is 5.53. The van der Waals surface area contributed by atoms with Crippen LogP contribution in [-0.2, 0) is 4.79 Å². The van der Waals surface area contributed by atoms with Crippen LogP contribution in [0.5, 0.6) is 0 Å². The Kier molecular flexibility index (Phi) is 5.50. The molecule has 0 radical (unpaired) electrons. The van der Waals surface area contributed by atoms with E-state index in [9.17, 15) is 4.79 Å². The van der Waals surface area contributed by atoms with Gasteiger partial charge in [-0.3, -0.25) is 4.79 Å². The summed E-state index contributed by atoms with van der Waals surface area (Å²) in [6.45, 7) is 5.98. The van der Waals surface area contributed by atoms with Gasteiger partial charge in [-0.05, 0) is 13.8 Å². The fraction of sp³-hybridized carbons (Fsp3) is 0.636. The summed E-state index contributed by atoms with van der Waals surface area (Å²) in [5, 5.41) is 15.9. The Morgan fingerprint density at radius 1 is 1.59 bits per heavy atom. The van der Waals surface area contributed by atoms with Crippen molar-refractivity contribution in [3.8, 4) is 0 Å². The number of thioether (sulfide) groups is 1. The molecule has 1 amide bonds. The van der Waals surface area contributed by atoms with Crippen molar-refractivity contribution in [1.29, 1.82) is 0 Å². The summed E-state index contributed by atoms with van der Waals surface area (Å²) >= 11 is 1.43. The molecule has 0 aliphatic heterocycles. The highest BCUT2D eigenvalue weighted by Crippen LogP contribution is 2.14. The van der Waals surface area contributed by atoms with Gasteiger partial charge in [-0.2, -0.15) is 5.10 Å². The molecular weight excluding hydrogens is 238 g/mol. The Bertz CT molecular complexity index is 365. The van der Waals surface area contributed by atoms with Crippen LogP contribution in [0.4, 0.5) is 5.82 Å². The predicted octanol–water partition coefficient (Wildman–Crippen LogP) is 1.52. The van der Waals surface area contributed by atoms with Gasteiger partial charge in [-0.15, -0.1) is 11.8 Å². The Balaban J connectivity index is 2.48. The average Bonchev–Trinajstić information content (AvgIpc) is 2.74. The standard InChI is InChI=1S/C11H19N3O2S/c1-8(2)14-10(4-5-12-14)13-11(16)7-17-9(3)6-15/h4-5,8-9,15H,6-7H2,1-3H3,(H,13,16). The SMILES string of the molecule is CC(CO)SCC(=O)Nc1ccnn1C(C)C. The van der Waals surface area contributed by atoms with Crippen LogP contribution in [0.2, 0.25) is 0 Å². The van der Waals surface area contributed by atoms with Crippen molar-refractivity contribution in [1.82, 2.24) is 9.78 Å². The third-order valence-electron chi connectivity index (χ3n) is 2.18. The third kappa shape index (κ3) is 4.40. The molecule has 0 spiro atoms. The van der Waals surface area contributed by atoms with Crippen LogP contribution in [-0.4, -0.2) is 38.4 Å². The summed E-state index contributed by atoms with van der Waals surface area (Å²) in [7, 11) is 0. The van der Waals surface area contributed by atoms with Crippen LogP contribution in [0.25, 0.3) is 0 Å². The summed E-state index contributed by atoms with van der Waals surface area (Å²) < 4.78 is 1.76. The number of aliphatic hydroxyl groups excluding tert-OH is 1. The maximum absolute atomic E-state index is 11.7. The first-order valence-corrected chi connectivity index (χ1v) is 6.65. The minimum Gasteiger partial charge on any atom is -0.395 e. The number of nitrogens with zero attached hydrogens (tertiary/aromatic N) is 2. The van der Waals surface area contributed by atoms with Crippen molar-refractivity contribution in [3.63, 3.8) is 0 Å². The molecule has 0 aliphatic carbocycles. The molecule has 0 aromatic carbocycles. The van der Waals surface area contributed by atoms with Gasteiger partial charge in [0.05, 0.1) is 18.6 Å². The van der Waals surface area contributed by atoms with E-state index in [1.165, 1.54) is 11.8 Å². The molecule has 1 unspecified atom stereocenters. The van der Waals surface area contributed by atoms with Gasteiger partial charge in [-0.1, -0.05) is 6.92 Å². The molecule has 0 aliphatic rings. The minimum absolute atomic E-state index is 0.0716. The van der Waals surface area contributed by atoms with Gasteiger partial charge in [-0.25, -0.2) is 4.68 Å². The molecule has 0 fully saturated rings. The van der Waals surface area contributed by atoms with Gasteiger partial charge < -0.3 is 10.4 Å². The van der Waals surface area contributed by atoms with E-state index in [-0.39, 0.29) is 23.8 Å². The minimum atomic E-state index is -0.0716. The van der Waals surface area contributed by atoms with E-state index >= 15 is 0 Å². The van der Waals surface area contributed by atoms with E-state index in [1.807, 2.05) is 20.8 Å². The fourth-order valence-corrected chi connectivity index (χ4v) is 1.89. The van der Waals surface area contributed by atoms with E-state index in [4.69, 9.17) is 5.11 Å². The molecule has 2 N–H and O–H groups in total. The van der Waals surface area contributed by atoms with Gasteiger partial charge in [0.2, 0.25) is 5.91 Å². The summed E-state index contributed by atoms with van der Waals surface area (Å²) in [5.41, 5.74) is 0. The highest BCUT2D eigenvalue weighted by Gasteiger charge is 2.10. The molecule has 1 aromatic rings. The zero-order chi connectivity index (χ0) is 12.8. The molecule has 1 rings (SSSR count). The Labute approximate surface area is 106 Å². The molecule has 0 bridgehead atoms. The predicted molar refractivity (Wildman–Crippen MR) is 70.2 cm³/mol. The summed E-state index contributed by atoms with van der Waals surface area (Å²) in [5.74, 6) is 0.977. The number of hydrogen-bond donors (Lipinski definition) is 2. The molecular formula is C11H19N3O2S. The summed E-state index contributed by atoms with van der Waals surface area (Å²) in [6.07, 6.45) is 1.67.